The zero-order chi connectivity index (χ0) is 29.9. The number of imide groups is 1. The van der Waals surface area contributed by atoms with Crippen LogP contribution in [-0.2, 0) is 30.4 Å². The van der Waals surface area contributed by atoms with Gasteiger partial charge in [-0.05, 0) is 37.7 Å². The smallest absolute Gasteiger partial charge is 0.252 e. The average Bonchev–Trinajstić information content (AvgIpc) is 2.84. The minimum absolute atomic E-state index is 0.220. The molecule has 0 aliphatic rings. The van der Waals surface area contributed by atoms with E-state index in [0.717, 1.165) is 10.5 Å². The highest BCUT2D eigenvalue weighted by atomic mass is 16.2. The van der Waals surface area contributed by atoms with Crippen molar-refractivity contribution in [1.82, 2.24) is 15.5 Å². The Hall–Kier alpha value is -3.57. The van der Waals surface area contributed by atoms with E-state index in [2.05, 4.69) is 10.6 Å². The van der Waals surface area contributed by atoms with E-state index in [0.29, 0.717) is 6.42 Å². The van der Waals surface area contributed by atoms with Crippen molar-refractivity contribution in [2.75, 3.05) is 0 Å². The van der Waals surface area contributed by atoms with Crippen LogP contribution in [0, 0.1) is 11.8 Å². The molecule has 5 atom stereocenters. The van der Waals surface area contributed by atoms with Crippen molar-refractivity contribution in [1.29, 1.82) is 0 Å². The second kappa shape index (κ2) is 15.7. The number of benzene rings is 1. The number of hydrogen-bond donors (Lipinski definition) is 5. The lowest BCUT2D eigenvalue weighted by Crippen LogP contribution is -2.61. The van der Waals surface area contributed by atoms with Crippen molar-refractivity contribution < 1.29 is 24.0 Å². The molecular formula is C28H44N6O5. The third kappa shape index (κ3) is 10.6. The van der Waals surface area contributed by atoms with Crippen LogP contribution in [0.1, 0.15) is 53.5 Å². The molecule has 0 fully saturated rings. The van der Waals surface area contributed by atoms with E-state index < -0.39 is 59.6 Å². The number of nitrogens with one attached hydrogen (secondary N) is 2. The lowest BCUT2D eigenvalue weighted by Gasteiger charge is -2.34. The molecule has 0 aliphatic heterocycles. The SMILES string of the molecule is CC(N)C(=O)NC(C)C(=O)N(C(=O)C/C=C/[C@@H](N)Cc1ccccc1)C(C(=O)NC(C(N)=O)C(C)C)C(C)C. The van der Waals surface area contributed by atoms with Gasteiger partial charge in [-0.25, -0.2) is 0 Å². The maximum absolute atomic E-state index is 13.5. The van der Waals surface area contributed by atoms with Gasteiger partial charge in [0, 0.05) is 12.5 Å². The van der Waals surface area contributed by atoms with Crippen LogP contribution < -0.4 is 27.8 Å². The molecule has 1 rings (SSSR count). The topological polar surface area (TPSA) is 191 Å². The van der Waals surface area contributed by atoms with Crippen molar-refractivity contribution in [2.24, 2.45) is 29.0 Å². The molecule has 0 saturated heterocycles. The number of nitrogens with two attached hydrogens (primary N) is 3. The van der Waals surface area contributed by atoms with Crippen LogP contribution in [0.2, 0.25) is 0 Å². The fourth-order valence-electron chi connectivity index (χ4n) is 3.95. The number of carbonyl (C=O) groups is 5. The van der Waals surface area contributed by atoms with Gasteiger partial charge in [0.2, 0.25) is 23.6 Å². The minimum Gasteiger partial charge on any atom is -0.368 e. The van der Waals surface area contributed by atoms with Gasteiger partial charge in [-0.3, -0.25) is 28.9 Å². The van der Waals surface area contributed by atoms with Crippen molar-refractivity contribution >= 4 is 29.5 Å². The van der Waals surface area contributed by atoms with Crippen LogP contribution in [0.5, 0.6) is 0 Å². The van der Waals surface area contributed by atoms with Crippen molar-refractivity contribution in [3.8, 4) is 0 Å². The third-order valence-corrected chi connectivity index (χ3v) is 6.09. The summed E-state index contributed by atoms with van der Waals surface area (Å²) in [5.41, 5.74) is 18.3. The molecule has 0 bridgehead atoms. The Bertz CT molecular complexity index is 1020. The zero-order valence-corrected chi connectivity index (χ0v) is 23.7. The summed E-state index contributed by atoms with van der Waals surface area (Å²) in [5.74, 6) is -4.34. The summed E-state index contributed by atoms with van der Waals surface area (Å²) in [7, 11) is 0. The molecule has 216 valence electrons. The monoisotopic (exact) mass is 544 g/mol. The van der Waals surface area contributed by atoms with Gasteiger partial charge in [0.1, 0.15) is 18.1 Å². The van der Waals surface area contributed by atoms with Crippen LogP contribution >= 0.6 is 0 Å². The second-order valence-corrected chi connectivity index (χ2v) is 10.4. The standard InChI is InChI=1S/C28H44N6O5/c1-16(2)23(25(31)36)33-27(38)24(17(3)4)34(28(39)19(6)32-26(37)18(5)29)22(35)14-10-13-21(30)15-20-11-8-7-9-12-20/h7-13,16-19,21,23-24H,14-15,29-30H2,1-6H3,(H2,31,36)(H,32,37)(H,33,38)/b13-10+/t18?,19?,21-,23?,24?/m1/s1. The van der Waals surface area contributed by atoms with E-state index in [1.807, 2.05) is 30.3 Å². The maximum Gasteiger partial charge on any atom is 0.252 e. The highest BCUT2D eigenvalue weighted by molar-refractivity contribution is 6.04. The van der Waals surface area contributed by atoms with E-state index in [4.69, 9.17) is 17.2 Å². The number of amides is 5. The summed E-state index contributed by atoms with van der Waals surface area (Å²) in [6.07, 6.45) is 3.55. The van der Waals surface area contributed by atoms with Gasteiger partial charge >= 0.3 is 0 Å². The predicted molar refractivity (Wildman–Crippen MR) is 150 cm³/mol. The first-order valence-corrected chi connectivity index (χ1v) is 13.1. The van der Waals surface area contributed by atoms with Crippen LogP contribution in [0.4, 0.5) is 0 Å². The molecule has 1 aromatic rings. The van der Waals surface area contributed by atoms with Gasteiger partial charge in [-0.1, -0.05) is 70.2 Å². The van der Waals surface area contributed by atoms with Crippen molar-refractivity contribution in [2.45, 2.75) is 84.6 Å². The fourth-order valence-corrected chi connectivity index (χ4v) is 3.95. The van der Waals surface area contributed by atoms with Crippen molar-refractivity contribution in [3.05, 3.63) is 48.0 Å². The Labute approximate surface area is 230 Å². The lowest BCUT2D eigenvalue weighted by atomic mass is 9.97. The quantitative estimate of drug-likeness (QED) is 0.209. The summed E-state index contributed by atoms with van der Waals surface area (Å²) < 4.78 is 0. The van der Waals surface area contributed by atoms with Gasteiger partial charge in [-0.2, -0.15) is 0 Å². The van der Waals surface area contributed by atoms with E-state index >= 15 is 0 Å². The molecule has 39 heavy (non-hydrogen) atoms. The Morgan fingerprint density at radius 3 is 1.95 bits per heavy atom. The number of hydrogen-bond acceptors (Lipinski definition) is 7. The average molecular weight is 545 g/mol. The van der Waals surface area contributed by atoms with Gasteiger partial charge in [0.15, 0.2) is 0 Å². The summed E-state index contributed by atoms with van der Waals surface area (Å²) in [4.78, 5) is 65.2. The summed E-state index contributed by atoms with van der Waals surface area (Å²) in [6, 6.07) is 4.92. The summed E-state index contributed by atoms with van der Waals surface area (Å²) in [6.45, 7) is 9.63. The lowest BCUT2D eigenvalue weighted by molar-refractivity contribution is -0.155. The van der Waals surface area contributed by atoms with E-state index in [-0.39, 0.29) is 18.4 Å². The van der Waals surface area contributed by atoms with Crippen LogP contribution in [0.3, 0.4) is 0 Å². The molecule has 11 heteroatoms. The Morgan fingerprint density at radius 1 is 0.872 bits per heavy atom. The highest BCUT2D eigenvalue weighted by Gasteiger charge is 2.40. The van der Waals surface area contributed by atoms with E-state index in [9.17, 15) is 24.0 Å². The number of carbonyl (C=O) groups excluding carboxylic acids is 5. The number of primary amides is 1. The van der Waals surface area contributed by atoms with Crippen LogP contribution in [0.15, 0.2) is 42.5 Å². The molecule has 4 unspecified atom stereocenters. The summed E-state index contributed by atoms with van der Waals surface area (Å²) in [5, 5.41) is 5.06. The van der Waals surface area contributed by atoms with Crippen molar-refractivity contribution in [3.63, 3.8) is 0 Å². The van der Waals surface area contributed by atoms with Gasteiger partial charge < -0.3 is 27.8 Å². The first kappa shape index (κ1) is 33.5. The minimum atomic E-state index is -1.27. The fraction of sp³-hybridized carbons (Fsp3) is 0.536. The molecule has 11 nitrogen and oxygen atoms in total. The zero-order valence-electron chi connectivity index (χ0n) is 23.7. The normalized spacial score (nSPS) is 15.3. The van der Waals surface area contributed by atoms with Gasteiger partial charge in [0.05, 0.1) is 6.04 Å². The van der Waals surface area contributed by atoms with Crippen LogP contribution in [0.25, 0.3) is 0 Å². The molecular weight excluding hydrogens is 500 g/mol. The molecule has 0 heterocycles. The maximum atomic E-state index is 13.5. The first-order chi connectivity index (χ1) is 18.2. The Kier molecular flexibility index (Phi) is 13.5. The molecule has 8 N–H and O–H groups in total. The number of rotatable bonds is 14. The van der Waals surface area contributed by atoms with Gasteiger partial charge in [0.25, 0.3) is 5.91 Å². The van der Waals surface area contributed by atoms with Gasteiger partial charge in [-0.15, -0.1) is 0 Å². The third-order valence-electron chi connectivity index (χ3n) is 6.09. The molecule has 0 saturated carbocycles. The number of nitrogens with zero attached hydrogens (tertiary/aromatic N) is 1. The molecule has 0 aromatic heterocycles. The molecule has 1 aromatic carbocycles. The Morgan fingerprint density at radius 2 is 1.46 bits per heavy atom. The van der Waals surface area contributed by atoms with E-state index in [1.54, 1.807) is 39.8 Å². The predicted octanol–water partition coefficient (Wildman–Crippen LogP) is 0.361. The Balaban J connectivity index is 3.26. The highest BCUT2D eigenvalue weighted by Crippen LogP contribution is 2.17. The molecule has 0 radical (unpaired) electrons. The molecule has 0 spiro atoms. The van der Waals surface area contributed by atoms with Crippen LogP contribution in [-0.4, -0.2) is 64.6 Å². The largest absolute Gasteiger partial charge is 0.368 e. The second-order valence-electron chi connectivity index (χ2n) is 10.4. The molecule has 5 amide bonds. The molecule has 0 aliphatic carbocycles. The van der Waals surface area contributed by atoms with E-state index in [1.165, 1.54) is 13.8 Å². The summed E-state index contributed by atoms with van der Waals surface area (Å²) >= 11 is 0. The first-order valence-electron chi connectivity index (χ1n) is 13.1.